The van der Waals surface area contributed by atoms with Crippen molar-refractivity contribution in [3.8, 4) is 168 Å². The smallest absolute Gasteiger partial charge is 0.164 e. The molecule has 0 aliphatic rings. The number of nitrogens with zero attached hydrogens (tertiary/aromatic N) is 9. The molecule has 7 heterocycles. The van der Waals surface area contributed by atoms with Gasteiger partial charge in [-0.2, -0.15) is 0 Å². The predicted molar refractivity (Wildman–Crippen MR) is 599 cm³/mol. The van der Waals surface area contributed by atoms with Crippen LogP contribution in [0.15, 0.2) is 529 Å². The molecule has 0 spiro atoms. The van der Waals surface area contributed by atoms with Crippen LogP contribution in [-0.2, 0) is 0 Å². The summed E-state index contributed by atoms with van der Waals surface area (Å²) < 4.78 is 0. The SMILES string of the molecule is c1cc(-c2ccc3c4ccccc4c4ccccc4c3c2)cc(-c2ccccc2-c2nc(-c3ccncc3)nc(-c3ccncc3)n2)c1.c1ccc(-c2cc(-c3cccnc3)cc(-c3ccccc3-c3cccc(-c4ccc5c6ccccc6c6ccccc6c5c4)c3)c2)nc1.c1cncc(-c2cc(-c3cccnc3)cc(-c3ccccc3-c3cccc(-c4ccc5c6ccccc6c6ccccc6c5c4)c3)c2)c1. The van der Waals surface area contributed by atoms with Crippen LogP contribution in [0.5, 0.6) is 0 Å². The summed E-state index contributed by atoms with van der Waals surface area (Å²) >= 11 is 0. The van der Waals surface area contributed by atoms with Crippen LogP contribution < -0.4 is 0 Å². The number of hydrogen-bond donors (Lipinski definition) is 0. The summed E-state index contributed by atoms with van der Waals surface area (Å²) in [5.74, 6) is 1.79. The van der Waals surface area contributed by atoms with E-state index in [0.717, 1.165) is 89.1 Å². The lowest BCUT2D eigenvalue weighted by atomic mass is 9.89. The molecular formula is C135H87N9. The minimum absolute atomic E-state index is 0.591. The van der Waals surface area contributed by atoms with Crippen LogP contribution in [0.3, 0.4) is 0 Å². The maximum Gasteiger partial charge on any atom is 0.164 e. The number of fused-ring (bicyclic) bond motifs is 18. The molecule has 20 aromatic carbocycles. The molecule has 0 atom stereocenters. The van der Waals surface area contributed by atoms with Gasteiger partial charge in [0.15, 0.2) is 17.5 Å². The summed E-state index contributed by atoms with van der Waals surface area (Å²) in [5.41, 5.74) is 29.9. The van der Waals surface area contributed by atoms with Crippen molar-refractivity contribution < 1.29 is 0 Å². The first-order valence-corrected chi connectivity index (χ1v) is 48.5. The lowest BCUT2D eigenvalue weighted by Gasteiger charge is -2.15. The van der Waals surface area contributed by atoms with Gasteiger partial charge >= 0.3 is 0 Å². The average Bonchev–Trinajstić information content (AvgIpc) is 0.746. The summed E-state index contributed by atoms with van der Waals surface area (Å²) in [7, 11) is 0. The zero-order chi connectivity index (χ0) is 95.6. The van der Waals surface area contributed by atoms with Gasteiger partial charge in [0.2, 0.25) is 0 Å². The first-order valence-electron chi connectivity index (χ1n) is 48.5. The fraction of sp³-hybridized carbons (Fsp3) is 0. The van der Waals surface area contributed by atoms with E-state index >= 15 is 0 Å². The number of hydrogen-bond acceptors (Lipinski definition) is 9. The zero-order valence-corrected chi connectivity index (χ0v) is 78.3. The third-order valence-electron chi connectivity index (χ3n) is 27.7. The summed E-state index contributed by atoms with van der Waals surface area (Å²) in [4.78, 5) is 41.1. The summed E-state index contributed by atoms with van der Waals surface area (Å²) in [6, 6.07) is 165. The molecule has 0 saturated carbocycles. The van der Waals surface area contributed by atoms with Gasteiger partial charge in [-0.05, 0) is 330 Å². The summed E-state index contributed by atoms with van der Waals surface area (Å²) in [6.45, 7) is 0. The highest BCUT2D eigenvalue weighted by Gasteiger charge is 2.22. The maximum atomic E-state index is 4.99. The Kier molecular flexibility index (Phi) is 22.9. The normalized spacial score (nSPS) is 11.3. The largest absolute Gasteiger partial charge is 0.265 e. The minimum Gasteiger partial charge on any atom is -0.265 e. The van der Waals surface area contributed by atoms with Gasteiger partial charge in [0.05, 0.1) is 5.69 Å². The van der Waals surface area contributed by atoms with Crippen molar-refractivity contribution in [3.63, 3.8) is 0 Å². The third kappa shape index (κ3) is 16.8. The molecule has 9 nitrogen and oxygen atoms in total. The van der Waals surface area contributed by atoms with E-state index in [1.807, 2.05) is 104 Å². The van der Waals surface area contributed by atoms with E-state index in [9.17, 15) is 0 Å². The van der Waals surface area contributed by atoms with Crippen molar-refractivity contribution in [2.75, 3.05) is 0 Å². The number of benzene rings is 20. The second-order valence-electron chi connectivity index (χ2n) is 36.2. The van der Waals surface area contributed by atoms with Crippen LogP contribution >= 0.6 is 0 Å². The van der Waals surface area contributed by atoms with Crippen LogP contribution in [0.25, 0.3) is 265 Å². The summed E-state index contributed by atoms with van der Waals surface area (Å²) in [5, 5.41) is 23.1. The Hall–Kier alpha value is -19.4. The second-order valence-corrected chi connectivity index (χ2v) is 36.2. The molecule has 0 radical (unpaired) electrons. The molecule has 0 amide bonds. The van der Waals surface area contributed by atoms with E-state index in [4.69, 9.17) is 15.0 Å². The van der Waals surface area contributed by atoms with E-state index in [0.29, 0.717) is 17.5 Å². The van der Waals surface area contributed by atoms with E-state index in [1.165, 1.54) is 158 Å². The molecule has 7 aromatic heterocycles. The van der Waals surface area contributed by atoms with Crippen molar-refractivity contribution in [3.05, 3.63) is 529 Å². The Balaban J connectivity index is 0.000000113. The molecule has 9 heteroatoms. The molecule has 672 valence electrons. The van der Waals surface area contributed by atoms with Gasteiger partial charge in [-0.25, -0.2) is 15.0 Å². The Bertz CT molecular complexity index is 8430. The van der Waals surface area contributed by atoms with Crippen molar-refractivity contribution in [2.24, 2.45) is 0 Å². The van der Waals surface area contributed by atoms with Crippen LogP contribution in [0.1, 0.15) is 0 Å². The Morgan fingerprint density at radius 2 is 0.354 bits per heavy atom. The topological polar surface area (TPSA) is 116 Å². The molecule has 27 aromatic rings. The monoisotopic (exact) mass is 1830 g/mol. The quantitative estimate of drug-likeness (QED) is 0.0925. The van der Waals surface area contributed by atoms with Crippen LogP contribution in [0.4, 0.5) is 0 Å². The molecule has 144 heavy (non-hydrogen) atoms. The van der Waals surface area contributed by atoms with E-state index < -0.39 is 0 Å². The van der Waals surface area contributed by atoms with Gasteiger partial charge in [0, 0.05) is 107 Å². The molecule has 0 N–H and O–H groups in total. The predicted octanol–water partition coefficient (Wildman–Crippen LogP) is 35.0. The van der Waals surface area contributed by atoms with Crippen LogP contribution in [0.2, 0.25) is 0 Å². The van der Waals surface area contributed by atoms with Gasteiger partial charge in [-0.15, -0.1) is 0 Å². The average molecular weight is 1840 g/mol. The van der Waals surface area contributed by atoms with Crippen molar-refractivity contribution in [1.29, 1.82) is 0 Å². The van der Waals surface area contributed by atoms with Crippen molar-refractivity contribution in [1.82, 2.24) is 44.9 Å². The fourth-order valence-corrected chi connectivity index (χ4v) is 20.9. The molecule has 0 unspecified atom stereocenters. The lowest BCUT2D eigenvalue weighted by Crippen LogP contribution is -2.01. The number of aromatic nitrogens is 9. The summed E-state index contributed by atoms with van der Waals surface area (Å²) in [6.07, 6.45) is 20.1. The first-order chi connectivity index (χ1) is 71.4. The van der Waals surface area contributed by atoms with Gasteiger partial charge in [-0.1, -0.05) is 334 Å². The number of pyridine rings is 6. The van der Waals surface area contributed by atoms with Gasteiger partial charge in [0.25, 0.3) is 0 Å². The van der Waals surface area contributed by atoms with Crippen LogP contribution in [0, 0.1) is 0 Å². The molecule has 27 rings (SSSR count). The zero-order valence-electron chi connectivity index (χ0n) is 78.3. The van der Waals surface area contributed by atoms with E-state index in [2.05, 4.69) is 430 Å². The van der Waals surface area contributed by atoms with E-state index in [1.54, 1.807) is 24.8 Å². The molecule has 0 fully saturated rings. The van der Waals surface area contributed by atoms with Crippen molar-refractivity contribution >= 4 is 97.0 Å². The molecule has 0 bridgehead atoms. The molecule has 0 aliphatic carbocycles. The Morgan fingerprint density at radius 1 is 0.111 bits per heavy atom. The number of rotatable bonds is 15. The molecule has 0 saturated heterocycles. The highest BCUT2D eigenvalue weighted by Crippen LogP contribution is 2.47. The fourth-order valence-electron chi connectivity index (χ4n) is 20.9. The molecule has 0 aliphatic heterocycles. The maximum absolute atomic E-state index is 4.99. The standard InChI is InChI=1S/2C46H30N2.C43H27N5/c1-2-15-40(38-26-36(34-12-8-22-47-29-34)25-37(27-38)35-13-9-23-48-30-35)39(14-1)33-11-7-10-31(24-33)32-20-21-45-43-18-4-3-16-41(43)42-17-5-6-19-44(42)46(45)28-32;1-2-15-39(36-26-35(34-13-10-23-47-30-34)27-37(28-36)46-20-7-8-24-48-46)38(14-1)33-12-9-11-31(25-33)32-21-22-44-42-18-4-3-16-40(42)41-17-5-6-19-43(41)45(44)29-32;1-6-15-39(43-47-41(28-18-22-44-23-19-28)46-42(48-43)29-20-24-45-25-21-29)33(10-1)32-9-7-8-30(26-32)31-16-17-38-36-13-3-2-11-34(36)35-12-4-5-14-37(35)40(38)27-31/h2*1-30H;1-27H. The van der Waals surface area contributed by atoms with E-state index in [-0.39, 0.29) is 0 Å². The third-order valence-corrected chi connectivity index (χ3v) is 27.7. The van der Waals surface area contributed by atoms with Crippen molar-refractivity contribution in [2.45, 2.75) is 0 Å². The molecular weight excluding hydrogens is 1750 g/mol. The van der Waals surface area contributed by atoms with Gasteiger partial charge < -0.3 is 0 Å². The highest BCUT2D eigenvalue weighted by molar-refractivity contribution is 6.28. The Labute approximate surface area is 833 Å². The Morgan fingerprint density at radius 3 is 0.674 bits per heavy atom. The van der Waals surface area contributed by atoms with Gasteiger partial charge in [-0.3, -0.25) is 29.9 Å². The second kappa shape index (κ2) is 38.2. The van der Waals surface area contributed by atoms with Gasteiger partial charge in [0.1, 0.15) is 0 Å². The first kappa shape index (κ1) is 86.2. The lowest BCUT2D eigenvalue weighted by molar-refractivity contribution is 1.07. The highest BCUT2D eigenvalue weighted by atomic mass is 15.0. The minimum atomic E-state index is 0.591. The van der Waals surface area contributed by atoms with Crippen LogP contribution in [-0.4, -0.2) is 44.9 Å².